The average Bonchev–Trinajstić information content (AvgIpc) is 3.61. The van der Waals surface area contributed by atoms with E-state index in [1.807, 2.05) is 52.0 Å². The number of nitrogens with one attached hydrogen (secondary N) is 2. The number of aliphatic carboxylic acids is 2. The third kappa shape index (κ3) is 5.68. The number of aromatic nitrogens is 4. The summed E-state index contributed by atoms with van der Waals surface area (Å²) in [5.74, 6) is -1.80. The number of allylic oxidation sites excluding steroid dienone is 4. The van der Waals surface area contributed by atoms with Crippen molar-refractivity contribution in [2.24, 2.45) is 0 Å². The van der Waals surface area contributed by atoms with Crippen LogP contribution in [-0.4, -0.2) is 53.8 Å². The molecule has 222 valence electrons. The SMILES string of the molecule is C=Cc1c(C)c2cc3[nH]c(cc4nc(cc5nc(cc1[nH]2)C(C)=C5CCC(=O)O)C(CCC(=O)O)=C4C)c(C)c3CCO. The molecule has 9 nitrogen and oxygen atoms in total. The van der Waals surface area contributed by atoms with Crippen molar-refractivity contribution in [3.05, 3.63) is 75.9 Å². The molecule has 3 aromatic heterocycles. The van der Waals surface area contributed by atoms with E-state index in [0.717, 1.165) is 66.6 Å². The zero-order valence-electron chi connectivity index (χ0n) is 24.9. The van der Waals surface area contributed by atoms with Crippen LogP contribution in [0.2, 0.25) is 0 Å². The van der Waals surface area contributed by atoms with Crippen LogP contribution in [0.25, 0.3) is 50.4 Å². The minimum absolute atomic E-state index is 0.0000242. The molecule has 0 saturated heterocycles. The number of H-pyrrole nitrogens is 2. The first-order chi connectivity index (χ1) is 20.5. The highest BCUT2D eigenvalue weighted by Crippen LogP contribution is 2.38. The van der Waals surface area contributed by atoms with Crippen molar-refractivity contribution in [3.8, 4) is 0 Å². The second-order valence-electron chi connectivity index (χ2n) is 11.1. The zero-order valence-corrected chi connectivity index (χ0v) is 24.9. The van der Waals surface area contributed by atoms with E-state index in [1.54, 1.807) is 6.08 Å². The molecule has 5 N–H and O–H groups in total. The highest BCUT2D eigenvalue weighted by Gasteiger charge is 2.22. The molecule has 0 atom stereocenters. The Balaban J connectivity index is 1.92. The minimum Gasteiger partial charge on any atom is -0.481 e. The van der Waals surface area contributed by atoms with Gasteiger partial charge in [-0.25, -0.2) is 9.97 Å². The average molecular weight is 581 g/mol. The fourth-order valence-electron chi connectivity index (χ4n) is 5.97. The van der Waals surface area contributed by atoms with Crippen molar-refractivity contribution in [3.63, 3.8) is 0 Å². The Labute approximate surface area is 249 Å². The Bertz CT molecular complexity index is 1900. The Morgan fingerprint density at radius 1 is 0.721 bits per heavy atom. The quantitative estimate of drug-likeness (QED) is 0.189. The summed E-state index contributed by atoms with van der Waals surface area (Å²) in [6.07, 6.45) is 2.78. The largest absolute Gasteiger partial charge is 0.481 e. The van der Waals surface area contributed by atoms with Crippen LogP contribution in [0.1, 0.15) is 84.6 Å². The molecule has 0 aromatic carbocycles. The van der Waals surface area contributed by atoms with Crippen molar-refractivity contribution in [1.82, 2.24) is 19.9 Å². The lowest BCUT2D eigenvalue weighted by Crippen LogP contribution is -1.97. The summed E-state index contributed by atoms with van der Waals surface area (Å²) in [6, 6.07) is 7.82. The summed E-state index contributed by atoms with van der Waals surface area (Å²) in [6.45, 7) is 12.0. The number of carboxylic acids is 2. The van der Waals surface area contributed by atoms with Crippen molar-refractivity contribution in [2.45, 2.75) is 59.8 Å². The van der Waals surface area contributed by atoms with Gasteiger partial charge in [-0.05, 0) is 110 Å². The summed E-state index contributed by atoms with van der Waals surface area (Å²) in [7, 11) is 0. The molecule has 43 heavy (non-hydrogen) atoms. The summed E-state index contributed by atoms with van der Waals surface area (Å²) in [4.78, 5) is 40.0. The number of hydrogen-bond donors (Lipinski definition) is 5. The third-order valence-corrected chi connectivity index (χ3v) is 8.46. The second-order valence-corrected chi connectivity index (χ2v) is 11.1. The molecule has 0 fully saturated rings. The molecular formula is C34H36N4O5. The first-order valence-corrected chi connectivity index (χ1v) is 14.3. The summed E-state index contributed by atoms with van der Waals surface area (Å²) in [5, 5.41) is 28.8. The number of carboxylic acid groups (broad SMARTS) is 2. The maximum Gasteiger partial charge on any atom is 0.303 e. The smallest absolute Gasteiger partial charge is 0.303 e. The molecule has 0 amide bonds. The minimum atomic E-state index is -0.899. The number of nitrogens with zero attached hydrogens (tertiary/aromatic N) is 2. The van der Waals surface area contributed by atoms with Gasteiger partial charge in [0.2, 0.25) is 0 Å². The van der Waals surface area contributed by atoms with Crippen molar-refractivity contribution >= 4 is 62.4 Å². The lowest BCUT2D eigenvalue weighted by molar-refractivity contribution is -0.137. The topological polar surface area (TPSA) is 152 Å². The van der Waals surface area contributed by atoms with Crippen LogP contribution >= 0.6 is 0 Å². The summed E-state index contributed by atoms with van der Waals surface area (Å²) in [5.41, 5.74) is 13.4. The Morgan fingerprint density at radius 2 is 1.23 bits per heavy atom. The number of fused-ring (bicyclic) bond motifs is 8. The maximum atomic E-state index is 11.5. The van der Waals surface area contributed by atoms with Gasteiger partial charge in [0, 0.05) is 47.1 Å². The lowest BCUT2D eigenvalue weighted by Gasteiger charge is -2.05. The highest BCUT2D eigenvalue weighted by molar-refractivity contribution is 5.96. The van der Waals surface area contributed by atoms with E-state index in [1.165, 1.54) is 0 Å². The molecule has 2 aliphatic rings. The molecule has 5 heterocycles. The van der Waals surface area contributed by atoms with Gasteiger partial charge in [-0.2, -0.15) is 0 Å². The number of aromatic amines is 2. The van der Waals surface area contributed by atoms with Crippen LogP contribution in [0.3, 0.4) is 0 Å². The molecule has 0 spiro atoms. The fraction of sp³-hybridized carbons (Fsp3) is 0.294. The van der Waals surface area contributed by atoms with E-state index in [-0.39, 0.29) is 19.4 Å². The van der Waals surface area contributed by atoms with E-state index < -0.39 is 11.9 Å². The number of carbonyl (C=O) groups is 2. The van der Waals surface area contributed by atoms with Gasteiger partial charge >= 0.3 is 11.9 Å². The van der Waals surface area contributed by atoms with E-state index in [0.29, 0.717) is 42.0 Å². The number of hydrogen-bond acceptors (Lipinski definition) is 5. The molecule has 3 aromatic rings. The van der Waals surface area contributed by atoms with Gasteiger partial charge in [-0.3, -0.25) is 9.59 Å². The van der Waals surface area contributed by atoms with Gasteiger partial charge < -0.3 is 25.3 Å². The van der Waals surface area contributed by atoms with Crippen LogP contribution in [0.4, 0.5) is 0 Å². The van der Waals surface area contributed by atoms with Crippen LogP contribution in [0.5, 0.6) is 0 Å². The van der Waals surface area contributed by atoms with Crippen LogP contribution in [0, 0.1) is 13.8 Å². The first kappa shape index (κ1) is 29.7. The van der Waals surface area contributed by atoms with Crippen LogP contribution in [0.15, 0.2) is 30.8 Å². The normalized spacial score (nSPS) is 13.1. The number of aryl methyl sites for hydroxylation is 2. The van der Waals surface area contributed by atoms with E-state index in [2.05, 4.69) is 16.5 Å². The molecular weight excluding hydrogens is 544 g/mol. The molecule has 0 aliphatic carbocycles. The predicted octanol–water partition coefficient (Wildman–Crippen LogP) is 6.70. The molecule has 0 radical (unpaired) electrons. The predicted molar refractivity (Wildman–Crippen MR) is 170 cm³/mol. The van der Waals surface area contributed by atoms with Crippen LogP contribution < -0.4 is 0 Å². The van der Waals surface area contributed by atoms with Gasteiger partial charge in [0.15, 0.2) is 0 Å². The molecule has 0 saturated carbocycles. The molecule has 9 heteroatoms. The van der Waals surface area contributed by atoms with Gasteiger partial charge in [0.05, 0.1) is 22.8 Å². The fourth-order valence-corrected chi connectivity index (χ4v) is 5.97. The Hall–Kier alpha value is -4.76. The number of rotatable bonds is 9. The number of aliphatic hydroxyl groups is 1. The second kappa shape index (κ2) is 11.9. The van der Waals surface area contributed by atoms with E-state index in [9.17, 15) is 24.9 Å². The van der Waals surface area contributed by atoms with E-state index >= 15 is 0 Å². The molecule has 2 aliphatic heterocycles. The van der Waals surface area contributed by atoms with Gasteiger partial charge in [0.1, 0.15) is 0 Å². The molecule has 5 rings (SSSR count). The first-order valence-electron chi connectivity index (χ1n) is 14.3. The standard InChI is InChI=1S/C34H36N4O5/c1-6-21-17(2)27-15-30-24(11-12-39)20(5)26(36-30)13-25-18(3)22(7-9-33(40)41)31(37-25)16-32-23(8-10-34(42)43)19(4)28(38-32)14-29(21)35-27/h6,13-16,35-36,39H,1,7-12H2,2-5H3,(H,40,41)(H,42,43). The van der Waals surface area contributed by atoms with Gasteiger partial charge in [0.25, 0.3) is 0 Å². The maximum absolute atomic E-state index is 11.5. The van der Waals surface area contributed by atoms with E-state index in [4.69, 9.17) is 9.97 Å². The zero-order chi connectivity index (χ0) is 31.0. The van der Waals surface area contributed by atoms with Gasteiger partial charge in [-0.15, -0.1) is 0 Å². The van der Waals surface area contributed by atoms with Crippen molar-refractivity contribution in [2.75, 3.05) is 6.61 Å². The third-order valence-electron chi connectivity index (χ3n) is 8.46. The molecule has 0 unspecified atom stereocenters. The van der Waals surface area contributed by atoms with Gasteiger partial charge in [-0.1, -0.05) is 12.7 Å². The van der Waals surface area contributed by atoms with Crippen LogP contribution in [-0.2, 0) is 16.0 Å². The summed E-state index contributed by atoms with van der Waals surface area (Å²) >= 11 is 0. The number of aliphatic hydroxyl groups excluding tert-OH is 1. The monoisotopic (exact) mass is 580 g/mol. The van der Waals surface area contributed by atoms with Crippen molar-refractivity contribution < 1.29 is 24.9 Å². The van der Waals surface area contributed by atoms with Crippen molar-refractivity contribution in [1.29, 1.82) is 0 Å². The summed E-state index contributed by atoms with van der Waals surface area (Å²) < 4.78 is 0. The highest BCUT2D eigenvalue weighted by atomic mass is 16.4. The Kier molecular flexibility index (Phi) is 8.19. The Morgan fingerprint density at radius 3 is 1.74 bits per heavy atom. The molecule has 8 bridgehead atoms. The lowest BCUT2D eigenvalue weighted by atomic mass is 9.98.